The molecule has 7 saturated heterocycles. The largest absolute Gasteiger partial charge is 0.479 e. The molecule has 43 nitrogen and oxygen atoms in total. The smallest absolute Gasteiger partial charge is 0.397 e. The average molecular weight is 2030 g/mol. The van der Waals surface area contributed by atoms with Crippen LogP contribution in [0.1, 0.15) is 48.6 Å². The first-order chi connectivity index (χ1) is 65.6. The fourth-order valence-corrected chi connectivity index (χ4v) is 23.3. The molecular weight excluding hydrogens is 1920 g/mol. The minimum absolute atomic E-state index is 0.156. The van der Waals surface area contributed by atoms with Crippen LogP contribution in [0.15, 0.2) is 225 Å². The lowest BCUT2D eigenvalue weighted by atomic mass is 9.83. The van der Waals surface area contributed by atoms with Crippen molar-refractivity contribution in [1.82, 2.24) is 0 Å². The summed E-state index contributed by atoms with van der Waals surface area (Å²) in [4.78, 5) is 29.7. The van der Waals surface area contributed by atoms with E-state index in [1.807, 2.05) is 81.4 Å². The van der Waals surface area contributed by atoms with Gasteiger partial charge in [0.15, 0.2) is 80.6 Å². The van der Waals surface area contributed by atoms with Crippen molar-refractivity contribution in [3.8, 4) is 0 Å². The van der Waals surface area contributed by atoms with Crippen molar-refractivity contribution in [2.45, 2.75) is 211 Å². The molecule has 7 fully saturated rings. The maximum atomic E-state index is 14.9. The molecule has 25 atom stereocenters. The van der Waals surface area contributed by atoms with E-state index in [1.54, 1.807) is 152 Å². The molecule has 7 heterocycles. The number of aliphatic carboxylic acids is 2. The Bertz CT molecular complexity index is 5000. The quantitative estimate of drug-likeness (QED) is 0.00357. The number of carboxylic acid groups (broad SMARTS) is 2. The fourth-order valence-electron chi connectivity index (χ4n) is 17.0. The van der Waals surface area contributed by atoms with Gasteiger partial charge in [-0.1, -0.05) is 255 Å². The van der Waals surface area contributed by atoms with E-state index < -0.39 is 225 Å². The van der Waals surface area contributed by atoms with Gasteiger partial charge in [0.1, 0.15) is 97.7 Å². The van der Waals surface area contributed by atoms with E-state index in [0.29, 0.717) is 27.8 Å². The van der Waals surface area contributed by atoms with Crippen LogP contribution in [0.5, 0.6) is 0 Å². The van der Waals surface area contributed by atoms with Gasteiger partial charge in [-0.3, -0.25) is 21.7 Å². The molecule has 0 saturated carbocycles. The molecule has 0 aliphatic carbocycles. The summed E-state index contributed by atoms with van der Waals surface area (Å²) in [7, 11) is -10.9. The van der Waals surface area contributed by atoms with E-state index in [4.69, 9.17) is 124 Å². The van der Waals surface area contributed by atoms with Gasteiger partial charge in [-0.2, -0.15) is 16.8 Å². The minimum atomic E-state index is -5.62. The number of hydrogen-bond acceptors (Lipinski definition) is 42. The van der Waals surface area contributed by atoms with E-state index >= 15 is 0 Å². The number of fused-ring (bicyclic) bond motifs is 3. The highest BCUT2D eigenvalue weighted by molar-refractivity contribution is 7.90. The second-order valence-corrected chi connectivity index (χ2v) is 40.2. The van der Waals surface area contributed by atoms with Gasteiger partial charge in [0, 0.05) is 21.3 Å². The van der Waals surface area contributed by atoms with Crippen LogP contribution in [0.25, 0.3) is 0 Å². The Morgan fingerprint density at radius 1 is 0.419 bits per heavy atom. The SMILES string of the molecule is C=CC1(C(=O)O)O[C@@H](O[C@@H]2C(COS(=O)(=O)O)O[C@@H](O[C@H]3[C@H](OC)C4OCC3(C(=O)O)O[C@H]4O[C@@H]3C(CO[Si](c4ccccc4)(c4ccccc4)C(C)(C)C)O[C@H](OC)C(OSOOO)[C@H]3OCc3ccccc3)C(OSOOO)[C@H]2OSOOO)C(OCc2ccccc2)[C@@H](OC)[C@@H]1O[C@@H]1OC(COS(=O)(=O)O)[C@@H](OCc2ccccc2)[C@H](OCc2ccccc2)C1OCc1ccccc1. The molecule has 49 heteroatoms. The molecule has 7 aromatic rings. The second-order valence-electron chi connectivity index (χ2n) is 32.3. The zero-order valence-electron chi connectivity index (χ0n) is 73.5. The first-order valence-corrected chi connectivity index (χ1v) is 48.7. The molecule has 14 rings (SSSR count). The molecule has 10 unspecified atom stereocenters. The minimum Gasteiger partial charge on any atom is -0.479 e. The summed E-state index contributed by atoms with van der Waals surface area (Å²) in [6.07, 6.45) is -41.3. The Morgan fingerprint density at radius 3 is 1.18 bits per heavy atom. The molecule has 0 spiro atoms. The predicted octanol–water partition coefficient (Wildman–Crippen LogP) is 8.57. The van der Waals surface area contributed by atoms with Crippen molar-refractivity contribution in [1.29, 1.82) is 0 Å². The topological polar surface area (TPSA) is 521 Å². The highest BCUT2D eigenvalue weighted by atomic mass is 32.3. The zero-order chi connectivity index (χ0) is 96.6. The Kier molecular flexibility index (Phi) is 39.1. The number of hydrogen-bond donors (Lipinski definition) is 7. The van der Waals surface area contributed by atoms with Crippen LogP contribution in [0.4, 0.5) is 0 Å². The summed E-state index contributed by atoms with van der Waals surface area (Å²) in [5.41, 5.74) is -3.06. The maximum Gasteiger partial charge on any atom is 0.397 e. The van der Waals surface area contributed by atoms with Gasteiger partial charge < -0.3 is 99.9 Å². The predicted molar refractivity (Wildman–Crippen MR) is 470 cm³/mol. The van der Waals surface area contributed by atoms with E-state index in [2.05, 4.69) is 21.7 Å². The second kappa shape index (κ2) is 50.1. The lowest BCUT2D eigenvalue weighted by Gasteiger charge is -2.57. The van der Waals surface area contributed by atoms with Crippen molar-refractivity contribution < 1.29 is 200 Å². The van der Waals surface area contributed by atoms with Crippen LogP contribution in [0, 0.1) is 0 Å². The van der Waals surface area contributed by atoms with Crippen LogP contribution >= 0.6 is 37.0 Å². The lowest BCUT2D eigenvalue weighted by molar-refractivity contribution is -0.439. The van der Waals surface area contributed by atoms with Crippen molar-refractivity contribution in [3.63, 3.8) is 0 Å². The molecule has 0 radical (unpaired) electrons. The van der Waals surface area contributed by atoms with Gasteiger partial charge in [-0.05, 0) is 49.3 Å². The summed E-state index contributed by atoms with van der Waals surface area (Å²) in [5.74, 6) is -3.76. The van der Waals surface area contributed by atoms with Gasteiger partial charge in [0.05, 0.1) is 59.5 Å². The number of rotatable bonds is 52. The Labute approximate surface area is 796 Å². The van der Waals surface area contributed by atoms with Crippen LogP contribution in [0.3, 0.4) is 0 Å². The Hall–Kier alpha value is -7.01. The Balaban J connectivity index is 0.882. The summed E-state index contributed by atoms with van der Waals surface area (Å²) in [6.45, 7) is 5.18. The first-order valence-electron chi connectivity index (χ1n) is 42.0. The number of ether oxygens (including phenoxy) is 18. The fraction of sp³-hybridized carbons (Fsp3) is 0.471. The molecule has 2 bridgehead atoms. The van der Waals surface area contributed by atoms with Crippen molar-refractivity contribution in [3.05, 3.63) is 253 Å². The summed E-state index contributed by atoms with van der Waals surface area (Å²) < 4.78 is 243. The Morgan fingerprint density at radius 2 is 0.779 bits per heavy atom. The monoisotopic (exact) mass is 2020 g/mol. The maximum absolute atomic E-state index is 14.9. The first kappa shape index (κ1) is 106. The number of carboxylic acids is 2. The summed E-state index contributed by atoms with van der Waals surface area (Å²) in [5, 5.41) is 65.7. The van der Waals surface area contributed by atoms with Gasteiger partial charge in [-0.15, -0.1) is 13.0 Å². The third-order valence-corrected chi connectivity index (χ3v) is 30.3. The van der Waals surface area contributed by atoms with E-state index in [1.165, 1.54) is 7.11 Å². The average Bonchev–Trinajstić information content (AvgIpc) is 0.715. The molecule has 7 aliphatic rings. The molecule has 7 aliphatic heterocycles. The standard InChI is InChI=1S/C87H104O43S5Si/c1-8-86(83(88)89)76(118-79-71(107-47-56-36-22-12-23-37-56)66(105-45-54-32-18-10-19-33-54)63(60(114-79)49-110-134(95,96)97)104-44-53-30-16-9-17-31-53)69(101-5)72(108-48-57-38-24-13-25-39-57)81(120-86)117-65-61(50-111-135(98,99)100)115-80(75(124-133-130-127-94)68(65)122-131-128-125-92)119-77-70(102-6)73-82(121-87(77,52-109-73)84(90)91)116-64-62(51-112-136(85(2,3)4,58-40-26-14-27-41-58)59-42-28-15-29-43-59)113-78(103-7)74(123-132-129-126-93)67(64)106-46-55-34-20-11-21-35-55/h8-43,60-82,92-94H,1,44-52H2,2-7H3,(H,88,89)(H,90,91)(H,95,96,97)(H,98,99,100)/t60?,61?,62?,63-,64-,65-,66+,67+,68+,69-,70-,71?,72?,73?,74?,75?,76+,77+,78+,79+,80+,81-,82-,86?,87?/m1/s1. The van der Waals surface area contributed by atoms with Crippen molar-refractivity contribution >= 4 is 88.4 Å². The van der Waals surface area contributed by atoms with Crippen LogP contribution in [-0.2, 0) is 202 Å². The van der Waals surface area contributed by atoms with Crippen LogP contribution in [-0.4, -0.2) is 272 Å². The summed E-state index contributed by atoms with van der Waals surface area (Å²) in [6, 6.07) is 62.6. The molecular formula is C87H104O43S5Si. The zero-order valence-corrected chi connectivity index (χ0v) is 78.6. The lowest BCUT2D eigenvalue weighted by Crippen LogP contribution is -2.77. The number of benzene rings is 7. The van der Waals surface area contributed by atoms with E-state index in [9.17, 15) is 61.5 Å². The van der Waals surface area contributed by atoms with Crippen molar-refractivity contribution in [2.75, 3.05) is 47.8 Å². The highest BCUT2D eigenvalue weighted by Gasteiger charge is 2.70. The van der Waals surface area contributed by atoms with Gasteiger partial charge in [0.2, 0.25) is 11.2 Å². The van der Waals surface area contributed by atoms with E-state index in [0.717, 1.165) is 30.7 Å². The van der Waals surface area contributed by atoms with Crippen LogP contribution in [0.2, 0.25) is 5.04 Å². The molecule has 136 heavy (non-hydrogen) atoms. The van der Waals surface area contributed by atoms with Gasteiger partial charge in [0.25, 0.3) is 8.32 Å². The van der Waals surface area contributed by atoms with Gasteiger partial charge >= 0.3 is 32.7 Å². The highest BCUT2D eigenvalue weighted by Crippen LogP contribution is 2.49. The molecule has 0 amide bonds. The van der Waals surface area contributed by atoms with Gasteiger partial charge in [-0.25, -0.2) is 33.7 Å². The molecule has 0 aromatic heterocycles. The van der Waals surface area contributed by atoms with Crippen LogP contribution < -0.4 is 10.4 Å². The normalized spacial score (nSPS) is 30.5. The van der Waals surface area contributed by atoms with Crippen molar-refractivity contribution in [2.24, 2.45) is 0 Å². The molecule has 7 N–H and O–H groups in total. The molecule has 744 valence electrons. The summed E-state index contributed by atoms with van der Waals surface area (Å²) >= 11 is -0.256. The number of carbonyl (C=O) groups is 2. The number of methoxy groups -OCH3 is 3. The third-order valence-electron chi connectivity index (χ3n) is 23.2. The molecule has 7 aromatic carbocycles. The van der Waals surface area contributed by atoms with E-state index in [-0.39, 0.29) is 70.0 Å². The third kappa shape index (κ3) is 26.3.